The number of anilines is 1. The maximum Gasteiger partial charge on any atom is 0.257 e. The van der Waals surface area contributed by atoms with Crippen molar-refractivity contribution in [3.8, 4) is 0 Å². The Morgan fingerprint density at radius 2 is 1.75 bits per heavy atom. The van der Waals surface area contributed by atoms with Crippen molar-refractivity contribution >= 4 is 39.2 Å². The van der Waals surface area contributed by atoms with E-state index >= 15 is 0 Å². The summed E-state index contributed by atoms with van der Waals surface area (Å²) >= 11 is 6.08. The van der Waals surface area contributed by atoms with E-state index in [0.29, 0.717) is 13.2 Å². The molecule has 0 bridgehead atoms. The van der Waals surface area contributed by atoms with Crippen LogP contribution in [0.15, 0.2) is 47.4 Å². The normalized spacial score (nSPS) is 15.2. The van der Waals surface area contributed by atoms with Gasteiger partial charge >= 0.3 is 0 Å². The molecule has 1 aliphatic heterocycles. The van der Waals surface area contributed by atoms with Crippen molar-refractivity contribution in [2.45, 2.75) is 4.90 Å². The second-order valence-electron chi connectivity index (χ2n) is 5.95. The first-order valence-electron chi connectivity index (χ1n) is 8.30. The Morgan fingerprint density at radius 1 is 1.07 bits per heavy atom. The van der Waals surface area contributed by atoms with Crippen LogP contribution in [-0.4, -0.2) is 50.9 Å². The lowest BCUT2D eigenvalue weighted by Gasteiger charge is -2.26. The quantitative estimate of drug-likeness (QED) is 0.766. The van der Waals surface area contributed by atoms with Gasteiger partial charge < -0.3 is 20.0 Å². The van der Waals surface area contributed by atoms with Gasteiger partial charge in [-0.15, -0.1) is 0 Å². The number of carboxylic acids is 1. The Labute approximate surface area is 166 Å². The number of nitrogens with zero attached hydrogens (tertiary/aromatic N) is 1. The maximum atomic E-state index is 12.8. The second kappa shape index (κ2) is 8.27. The summed E-state index contributed by atoms with van der Waals surface area (Å²) < 4.78 is 32.0. The molecule has 0 radical (unpaired) electrons. The smallest absolute Gasteiger partial charge is 0.257 e. The summed E-state index contributed by atoms with van der Waals surface area (Å²) in [5, 5.41) is 13.7. The highest BCUT2D eigenvalue weighted by Gasteiger charge is 2.27. The molecule has 0 unspecified atom stereocenters. The molecule has 1 amide bonds. The highest BCUT2D eigenvalue weighted by Crippen LogP contribution is 2.25. The summed E-state index contributed by atoms with van der Waals surface area (Å²) in [6.07, 6.45) is 0. The standard InChI is InChI=1S/C18H17ClN2O6S/c19-15-6-5-12(28(25,26)21-7-9-27-10-8-21)11-14(15)17(22)20-16-4-2-1-3-13(16)18(23)24/h1-6,11H,7-10H2,(H,20,22)(H,23,24)/p-1. The van der Waals surface area contributed by atoms with Gasteiger partial charge in [0.15, 0.2) is 0 Å². The molecule has 0 aliphatic carbocycles. The molecule has 148 valence electrons. The number of nitrogens with one attached hydrogen (secondary N) is 1. The van der Waals surface area contributed by atoms with Crippen LogP contribution in [-0.2, 0) is 14.8 Å². The van der Waals surface area contributed by atoms with Crippen molar-refractivity contribution in [1.29, 1.82) is 0 Å². The molecule has 10 heteroatoms. The topological polar surface area (TPSA) is 116 Å². The van der Waals surface area contributed by atoms with Crippen LogP contribution in [0, 0.1) is 0 Å². The van der Waals surface area contributed by atoms with Crippen LogP contribution in [0.1, 0.15) is 20.7 Å². The third-order valence-corrected chi connectivity index (χ3v) is 6.41. The van der Waals surface area contributed by atoms with Crippen molar-refractivity contribution in [3.63, 3.8) is 0 Å². The van der Waals surface area contributed by atoms with Gasteiger partial charge in [0.25, 0.3) is 5.91 Å². The van der Waals surface area contributed by atoms with Crippen LogP contribution >= 0.6 is 11.6 Å². The Balaban J connectivity index is 1.91. The summed E-state index contributed by atoms with van der Waals surface area (Å²) in [6.45, 7) is 1.01. The fourth-order valence-electron chi connectivity index (χ4n) is 2.73. The SMILES string of the molecule is O=C(Nc1ccccc1C(=O)[O-])c1cc(S(=O)(=O)N2CCOCC2)ccc1Cl. The van der Waals surface area contributed by atoms with E-state index in [-0.39, 0.29) is 39.8 Å². The van der Waals surface area contributed by atoms with Crippen molar-refractivity contribution in [2.24, 2.45) is 0 Å². The molecule has 1 saturated heterocycles. The van der Waals surface area contributed by atoms with E-state index in [1.807, 2.05) is 0 Å². The second-order valence-corrected chi connectivity index (χ2v) is 8.29. The third-order valence-electron chi connectivity index (χ3n) is 4.19. The largest absolute Gasteiger partial charge is 0.545 e. The molecule has 1 N–H and O–H groups in total. The zero-order valence-electron chi connectivity index (χ0n) is 14.6. The van der Waals surface area contributed by atoms with Gasteiger partial charge in [0.05, 0.1) is 40.4 Å². The van der Waals surface area contributed by atoms with E-state index in [2.05, 4.69) is 5.32 Å². The number of amides is 1. The number of benzene rings is 2. The fraction of sp³-hybridized carbons (Fsp3) is 0.222. The Morgan fingerprint density at radius 3 is 2.43 bits per heavy atom. The van der Waals surface area contributed by atoms with Crippen LogP contribution in [0.4, 0.5) is 5.69 Å². The number of carboxylic acid groups (broad SMARTS) is 1. The number of hydrogen-bond acceptors (Lipinski definition) is 6. The molecule has 1 aliphatic rings. The number of halogens is 1. The predicted molar refractivity (Wildman–Crippen MR) is 99.8 cm³/mol. The molecule has 28 heavy (non-hydrogen) atoms. The zero-order chi connectivity index (χ0) is 20.3. The first-order chi connectivity index (χ1) is 13.3. The van der Waals surface area contributed by atoms with Gasteiger partial charge in [-0.05, 0) is 24.3 Å². The summed E-state index contributed by atoms with van der Waals surface area (Å²) in [7, 11) is -3.82. The molecule has 0 saturated carbocycles. The Bertz CT molecular complexity index is 1020. The number of aromatic carboxylic acids is 1. The Kier molecular flexibility index (Phi) is 5.99. The van der Waals surface area contributed by atoms with Crippen LogP contribution in [0.5, 0.6) is 0 Å². The van der Waals surface area contributed by atoms with Crippen molar-refractivity contribution in [1.82, 2.24) is 4.31 Å². The van der Waals surface area contributed by atoms with Gasteiger partial charge in [0.2, 0.25) is 10.0 Å². The predicted octanol–water partition coefficient (Wildman–Crippen LogP) is 0.977. The molecule has 3 rings (SSSR count). The molecule has 0 aromatic heterocycles. The first-order valence-corrected chi connectivity index (χ1v) is 10.1. The van der Waals surface area contributed by atoms with Crippen LogP contribution in [0.25, 0.3) is 0 Å². The van der Waals surface area contributed by atoms with Gasteiger partial charge in [0.1, 0.15) is 0 Å². The molecule has 0 spiro atoms. The number of carbonyl (C=O) groups is 2. The molecule has 2 aromatic carbocycles. The third kappa shape index (κ3) is 4.17. The van der Waals surface area contributed by atoms with Crippen LogP contribution in [0.3, 0.4) is 0 Å². The van der Waals surface area contributed by atoms with E-state index in [9.17, 15) is 23.1 Å². The Hall–Kier alpha value is -2.46. The first kappa shape index (κ1) is 20.3. The van der Waals surface area contributed by atoms with Crippen molar-refractivity contribution in [3.05, 3.63) is 58.6 Å². The lowest BCUT2D eigenvalue weighted by Crippen LogP contribution is -2.40. The van der Waals surface area contributed by atoms with Crippen LogP contribution in [0.2, 0.25) is 5.02 Å². The number of rotatable bonds is 5. The van der Waals surface area contributed by atoms with Gasteiger partial charge in [-0.25, -0.2) is 8.42 Å². The maximum absolute atomic E-state index is 12.8. The summed E-state index contributed by atoms with van der Waals surface area (Å²) in [5.41, 5.74) is -0.279. The number of morpholine rings is 1. The summed E-state index contributed by atoms with van der Waals surface area (Å²) in [6, 6.07) is 9.51. The lowest BCUT2D eigenvalue weighted by atomic mass is 10.1. The average molecular weight is 424 g/mol. The number of para-hydroxylation sites is 1. The average Bonchev–Trinajstić information content (AvgIpc) is 2.69. The number of sulfonamides is 1. The number of carbonyl (C=O) groups excluding carboxylic acids is 2. The fourth-order valence-corrected chi connectivity index (χ4v) is 4.37. The monoisotopic (exact) mass is 423 g/mol. The molecule has 2 aromatic rings. The highest BCUT2D eigenvalue weighted by atomic mass is 35.5. The minimum atomic E-state index is -3.82. The lowest BCUT2D eigenvalue weighted by molar-refractivity contribution is -0.254. The van der Waals surface area contributed by atoms with Crippen molar-refractivity contribution in [2.75, 3.05) is 31.6 Å². The molecule has 8 nitrogen and oxygen atoms in total. The molecule has 0 atom stereocenters. The van der Waals surface area contributed by atoms with Gasteiger partial charge in [-0.1, -0.05) is 29.8 Å². The highest BCUT2D eigenvalue weighted by molar-refractivity contribution is 7.89. The minimum absolute atomic E-state index is 0.0185. The van der Waals surface area contributed by atoms with Crippen molar-refractivity contribution < 1.29 is 27.9 Å². The minimum Gasteiger partial charge on any atom is -0.545 e. The molecule has 1 heterocycles. The molecular weight excluding hydrogens is 408 g/mol. The van der Waals surface area contributed by atoms with Gasteiger partial charge in [-0.2, -0.15) is 4.31 Å². The van der Waals surface area contributed by atoms with E-state index in [1.165, 1.54) is 40.7 Å². The van der Waals surface area contributed by atoms with E-state index in [1.54, 1.807) is 6.07 Å². The van der Waals surface area contributed by atoms with E-state index in [0.717, 1.165) is 0 Å². The van der Waals surface area contributed by atoms with E-state index < -0.39 is 21.9 Å². The molecule has 1 fully saturated rings. The van der Waals surface area contributed by atoms with Crippen LogP contribution < -0.4 is 10.4 Å². The zero-order valence-corrected chi connectivity index (χ0v) is 16.1. The van der Waals surface area contributed by atoms with Gasteiger partial charge in [0, 0.05) is 18.7 Å². The summed E-state index contributed by atoms with van der Waals surface area (Å²) in [5.74, 6) is -2.19. The molecular formula is C18H16ClN2O6S-. The summed E-state index contributed by atoms with van der Waals surface area (Å²) in [4.78, 5) is 23.7. The number of ether oxygens (including phenoxy) is 1. The number of hydrogen-bond donors (Lipinski definition) is 1. The van der Waals surface area contributed by atoms with Gasteiger partial charge in [-0.3, -0.25) is 4.79 Å². The van der Waals surface area contributed by atoms with E-state index in [4.69, 9.17) is 16.3 Å².